The molecule has 2 aliphatic rings. The predicted octanol–water partition coefficient (Wildman–Crippen LogP) is 0.280. The van der Waals surface area contributed by atoms with Gasteiger partial charge in [-0.2, -0.15) is 0 Å². The molecule has 0 unspecified atom stereocenters. The van der Waals surface area contributed by atoms with Gasteiger partial charge in [0.05, 0.1) is 0 Å². The molecule has 0 bridgehead atoms. The number of nitrogens with one attached hydrogen (secondary N) is 2. The van der Waals surface area contributed by atoms with Crippen molar-refractivity contribution in [3.63, 3.8) is 0 Å². The van der Waals surface area contributed by atoms with Gasteiger partial charge in [-0.15, -0.1) is 0 Å². The van der Waals surface area contributed by atoms with E-state index in [0.29, 0.717) is 18.6 Å². The largest absolute Gasteiger partial charge is 0.481 e. The number of ether oxygens (including phenoxy) is 1. The van der Waals surface area contributed by atoms with E-state index in [1.165, 1.54) is 0 Å². The van der Waals surface area contributed by atoms with Gasteiger partial charge in [0.1, 0.15) is 5.75 Å². The smallest absolute Gasteiger partial charge is 0.267 e. The van der Waals surface area contributed by atoms with Crippen molar-refractivity contribution in [2.45, 2.75) is 18.9 Å². The van der Waals surface area contributed by atoms with E-state index < -0.39 is 6.10 Å². The van der Waals surface area contributed by atoms with Crippen LogP contribution in [0.5, 0.6) is 5.75 Å². The first-order valence-corrected chi connectivity index (χ1v) is 7.28. The quantitative estimate of drug-likeness (QED) is 0.782. The Kier molecular flexibility index (Phi) is 4.06. The van der Waals surface area contributed by atoms with Gasteiger partial charge in [-0.25, -0.2) is 0 Å². The minimum atomic E-state index is -0.576. The lowest BCUT2D eigenvalue weighted by Gasteiger charge is -2.29. The highest BCUT2D eigenvalue weighted by Gasteiger charge is 2.28. The number of hydrogen-bond donors (Lipinski definition) is 2. The first-order valence-electron chi connectivity index (χ1n) is 7.28. The molecule has 0 radical (unpaired) electrons. The van der Waals surface area contributed by atoms with Gasteiger partial charge in [-0.3, -0.25) is 14.9 Å². The highest BCUT2D eigenvalue weighted by Crippen LogP contribution is 2.22. The number of imide groups is 1. The van der Waals surface area contributed by atoms with Gasteiger partial charge < -0.3 is 15.0 Å². The molecular weight excluding hydrogens is 270 g/mol. The van der Waals surface area contributed by atoms with Gasteiger partial charge in [0, 0.05) is 44.7 Å². The molecule has 2 amide bonds. The number of piperazine rings is 1. The number of rotatable bonds is 3. The van der Waals surface area contributed by atoms with Crippen LogP contribution in [0.15, 0.2) is 24.3 Å². The first-order chi connectivity index (χ1) is 10.2. The van der Waals surface area contributed by atoms with Crippen molar-refractivity contribution in [3.05, 3.63) is 24.3 Å². The molecule has 0 spiro atoms. The maximum atomic E-state index is 11.7. The van der Waals surface area contributed by atoms with Crippen molar-refractivity contribution in [2.24, 2.45) is 0 Å². The van der Waals surface area contributed by atoms with E-state index in [1.807, 2.05) is 24.3 Å². The summed E-state index contributed by atoms with van der Waals surface area (Å²) in [5, 5.41) is 5.61. The summed E-state index contributed by atoms with van der Waals surface area (Å²) in [5.41, 5.74) is 1.16. The van der Waals surface area contributed by atoms with Gasteiger partial charge in [0.2, 0.25) is 5.91 Å². The Hall–Kier alpha value is -2.08. The van der Waals surface area contributed by atoms with Gasteiger partial charge in [0.25, 0.3) is 5.91 Å². The monoisotopic (exact) mass is 289 g/mol. The second-order valence-electron chi connectivity index (χ2n) is 5.29. The average Bonchev–Trinajstić information content (AvgIpc) is 2.52. The van der Waals surface area contributed by atoms with E-state index in [4.69, 9.17) is 4.74 Å². The zero-order chi connectivity index (χ0) is 14.7. The first kappa shape index (κ1) is 13.9. The molecule has 1 aromatic rings. The summed E-state index contributed by atoms with van der Waals surface area (Å²) in [5.74, 6) is 0.0784. The van der Waals surface area contributed by atoms with Crippen LogP contribution in [-0.2, 0) is 9.59 Å². The van der Waals surface area contributed by atoms with E-state index in [9.17, 15) is 9.59 Å². The van der Waals surface area contributed by atoms with Crippen LogP contribution in [0.2, 0.25) is 0 Å². The average molecular weight is 289 g/mol. The summed E-state index contributed by atoms with van der Waals surface area (Å²) in [4.78, 5) is 25.1. The number of hydrogen-bond acceptors (Lipinski definition) is 5. The van der Waals surface area contributed by atoms with Crippen molar-refractivity contribution in [3.8, 4) is 5.75 Å². The van der Waals surface area contributed by atoms with Crippen molar-refractivity contribution in [1.29, 1.82) is 0 Å². The third kappa shape index (κ3) is 3.33. The number of anilines is 1. The molecule has 0 aromatic heterocycles. The molecule has 2 saturated heterocycles. The predicted molar refractivity (Wildman–Crippen MR) is 78.3 cm³/mol. The lowest BCUT2D eigenvalue weighted by Crippen LogP contribution is -2.46. The molecule has 2 fully saturated rings. The minimum absolute atomic E-state index is 0.228. The minimum Gasteiger partial charge on any atom is -0.481 e. The molecule has 0 saturated carbocycles. The Morgan fingerprint density at radius 1 is 1.10 bits per heavy atom. The van der Waals surface area contributed by atoms with Crippen LogP contribution < -0.4 is 20.3 Å². The Morgan fingerprint density at radius 3 is 2.48 bits per heavy atom. The molecule has 112 valence electrons. The Bertz CT molecular complexity index is 523. The zero-order valence-corrected chi connectivity index (χ0v) is 11.8. The molecule has 2 aliphatic heterocycles. The van der Waals surface area contributed by atoms with Crippen LogP contribution in [0.25, 0.3) is 0 Å². The molecule has 6 nitrogen and oxygen atoms in total. The summed E-state index contributed by atoms with van der Waals surface area (Å²) >= 11 is 0. The fourth-order valence-electron chi connectivity index (χ4n) is 2.61. The van der Waals surface area contributed by atoms with E-state index in [2.05, 4.69) is 15.5 Å². The standard InChI is InChI=1S/C15H19N3O3/c19-14-6-5-13(15(20)17-14)21-12-3-1-11(2-4-12)18-9-7-16-8-10-18/h1-4,13,16H,5-10H2,(H,17,19,20)/t13-/m1/s1. The van der Waals surface area contributed by atoms with Crippen molar-refractivity contribution in [2.75, 3.05) is 31.1 Å². The third-order valence-corrected chi connectivity index (χ3v) is 3.79. The SMILES string of the molecule is O=C1CC[C@@H](Oc2ccc(N3CCNCC3)cc2)C(=O)N1. The maximum Gasteiger partial charge on any atom is 0.267 e. The lowest BCUT2D eigenvalue weighted by atomic mass is 10.1. The Balaban J connectivity index is 1.61. The summed E-state index contributed by atoms with van der Waals surface area (Å²) in [6.45, 7) is 3.98. The number of benzene rings is 1. The van der Waals surface area contributed by atoms with Crippen LogP contribution in [0.1, 0.15) is 12.8 Å². The van der Waals surface area contributed by atoms with Crippen molar-refractivity contribution >= 4 is 17.5 Å². The van der Waals surface area contributed by atoms with Gasteiger partial charge in [0.15, 0.2) is 6.10 Å². The molecule has 0 aliphatic carbocycles. The maximum absolute atomic E-state index is 11.7. The molecule has 6 heteroatoms. The fraction of sp³-hybridized carbons (Fsp3) is 0.467. The molecule has 1 aromatic carbocycles. The summed E-state index contributed by atoms with van der Waals surface area (Å²) in [7, 11) is 0. The number of carbonyl (C=O) groups is 2. The molecular formula is C15H19N3O3. The summed E-state index contributed by atoms with van der Waals surface area (Å²) in [6, 6.07) is 7.77. The highest BCUT2D eigenvalue weighted by atomic mass is 16.5. The van der Waals surface area contributed by atoms with E-state index in [0.717, 1.165) is 31.9 Å². The van der Waals surface area contributed by atoms with Crippen LogP contribution in [0.3, 0.4) is 0 Å². The molecule has 2 N–H and O–H groups in total. The van der Waals surface area contributed by atoms with E-state index in [1.54, 1.807) is 0 Å². The van der Waals surface area contributed by atoms with Crippen molar-refractivity contribution in [1.82, 2.24) is 10.6 Å². The summed E-state index contributed by atoms with van der Waals surface area (Å²) < 4.78 is 5.66. The van der Waals surface area contributed by atoms with Gasteiger partial charge in [-0.05, 0) is 24.3 Å². The highest BCUT2D eigenvalue weighted by molar-refractivity contribution is 5.99. The Labute approximate surface area is 123 Å². The lowest BCUT2D eigenvalue weighted by molar-refractivity contribution is -0.138. The normalized spacial score (nSPS) is 22.9. The zero-order valence-electron chi connectivity index (χ0n) is 11.8. The molecule has 1 atom stereocenters. The molecule has 2 heterocycles. The second-order valence-corrected chi connectivity index (χ2v) is 5.29. The van der Waals surface area contributed by atoms with Crippen LogP contribution >= 0.6 is 0 Å². The molecule has 21 heavy (non-hydrogen) atoms. The fourth-order valence-corrected chi connectivity index (χ4v) is 2.61. The van der Waals surface area contributed by atoms with Crippen molar-refractivity contribution < 1.29 is 14.3 Å². The number of piperidine rings is 1. The van der Waals surface area contributed by atoms with Gasteiger partial charge >= 0.3 is 0 Å². The number of amides is 2. The number of carbonyl (C=O) groups excluding carboxylic acids is 2. The van der Waals surface area contributed by atoms with E-state index in [-0.39, 0.29) is 11.8 Å². The second kappa shape index (κ2) is 6.13. The van der Waals surface area contributed by atoms with Gasteiger partial charge in [-0.1, -0.05) is 0 Å². The number of nitrogens with zero attached hydrogens (tertiary/aromatic N) is 1. The summed E-state index contributed by atoms with van der Waals surface area (Å²) in [6.07, 6.45) is 0.187. The Morgan fingerprint density at radius 2 is 1.81 bits per heavy atom. The van der Waals surface area contributed by atoms with Crippen LogP contribution in [0.4, 0.5) is 5.69 Å². The van der Waals surface area contributed by atoms with Crippen LogP contribution in [0, 0.1) is 0 Å². The third-order valence-electron chi connectivity index (χ3n) is 3.79. The van der Waals surface area contributed by atoms with Crippen LogP contribution in [-0.4, -0.2) is 44.1 Å². The molecule has 3 rings (SSSR count). The van der Waals surface area contributed by atoms with E-state index >= 15 is 0 Å². The topological polar surface area (TPSA) is 70.7 Å².